The van der Waals surface area contributed by atoms with Gasteiger partial charge in [-0.05, 0) is 82.7 Å². The van der Waals surface area contributed by atoms with Crippen LogP contribution in [-0.4, -0.2) is 30.3 Å². The molecule has 3 aromatic carbocycles. The molecule has 0 spiro atoms. The molecule has 0 amide bonds. The number of alkyl halides is 2. The first kappa shape index (κ1) is 29.8. The molecule has 0 radical (unpaired) electrons. The van der Waals surface area contributed by atoms with Crippen LogP contribution in [-0.2, 0) is 24.7 Å². The lowest BCUT2D eigenvalue weighted by molar-refractivity contribution is -0.207. The number of aliphatic hydroxyl groups is 1. The predicted molar refractivity (Wildman–Crippen MR) is 144 cm³/mol. The van der Waals surface area contributed by atoms with Crippen LogP contribution in [0.5, 0.6) is 5.75 Å². The van der Waals surface area contributed by atoms with E-state index in [1.807, 2.05) is 6.07 Å². The summed E-state index contributed by atoms with van der Waals surface area (Å²) in [6, 6.07) is 16.4. The van der Waals surface area contributed by atoms with Crippen molar-refractivity contribution < 1.29 is 31.8 Å². The van der Waals surface area contributed by atoms with E-state index in [2.05, 4.69) is 32.4 Å². The molecule has 1 atom stereocenters. The van der Waals surface area contributed by atoms with Crippen LogP contribution in [0.3, 0.4) is 0 Å². The molecule has 2 heterocycles. The third-order valence-electron chi connectivity index (χ3n) is 6.46. The summed E-state index contributed by atoms with van der Waals surface area (Å²) in [5, 5.41) is 30.4. The van der Waals surface area contributed by atoms with Crippen LogP contribution < -0.4 is 4.74 Å². The molecule has 0 saturated heterocycles. The van der Waals surface area contributed by atoms with Gasteiger partial charge in [0.25, 0.3) is 0 Å². The number of tetrazole rings is 1. The zero-order valence-corrected chi connectivity index (χ0v) is 22.4. The number of hydrogen-bond acceptors (Lipinski definition) is 7. The summed E-state index contributed by atoms with van der Waals surface area (Å²) in [4.78, 5) is 3.78. The molecule has 0 bridgehead atoms. The molecule has 5 rings (SSSR count). The number of benzene rings is 3. The van der Waals surface area contributed by atoms with Crippen molar-refractivity contribution in [3.05, 3.63) is 136 Å². The number of rotatable bonds is 8. The van der Waals surface area contributed by atoms with Crippen molar-refractivity contribution in [2.24, 2.45) is 0 Å². The van der Waals surface area contributed by atoms with Gasteiger partial charge in [-0.3, -0.25) is 4.98 Å². The summed E-state index contributed by atoms with van der Waals surface area (Å²) >= 11 is 0. The molecule has 8 nitrogen and oxygen atoms in total. The molecule has 1 N–H and O–H groups in total. The van der Waals surface area contributed by atoms with E-state index in [0.717, 1.165) is 41.5 Å². The maximum absolute atomic E-state index is 15.9. The van der Waals surface area contributed by atoms with Gasteiger partial charge in [0.2, 0.25) is 0 Å². The van der Waals surface area contributed by atoms with E-state index in [1.165, 1.54) is 18.2 Å². The van der Waals surface area contributed by atoms with Gasteiger partial charge >= 0.3 is 5.92 Å². The Kier molecular flexibility index (Phi) is 8.33. The lowest BCUT2D eigenvalue weighted by Crippen LogP contribution is -2.48. The first-order chi connectivity index (χ1) is 21.1. The molecule has 0 aliphatic carbocycles. The SMILES string of the molecule is N#Cc1cc(F)cc(COc2ccc(C#Cc3ccc(C(F)(F)C(O)(Cn4cnnn4)c4ccc(F)cc4F)nc3)cc2)c1. The highest BCUT2D eigenvalue weighted by molar-refractivity contribution is 5.44. The van der Waals surface area contributed by atoms with E-state index in [0.29, 0.717) is 22.9 Å². The summed E-state index contributed by atoms with van der Waals surface area (Å²) in [5.41, 5.74) is -3.53. The number of nitriles is 1. The third-order valence-corrected chi connectivity index (χ3v) is 6.46. The van der Waals surface area contributed by atoms with Crippen molar-refractivity contribution in [1.82, 2.24) is 25.2 Å². The fraction of sp³-hybridized carbons (Fsp3) is 0.129. The van der Waals surface area contributed by atoms with Crippen molar-refractivity contribution in [2.45, 2.75) is 24.7 Å². The molecule has 0 fully saturated rings. The van der Waals surface area contributed by atoms with Gasteiger partial charge in [-0.25, -0.2) is 17.9 Å². The van der Waals surface area contributed by atoms with Crippen LogP contribution in [0.15, 0.2) is 85.3 Å². The summed E-state index contributed by atoms with van der Waals surface area (Å²) in [6.45, 7) is -0.930. The van der Waals surface area contributed by atoms with E-state index in [4.69, 9.17) is 10.00 Å². The first-order valence-corrected chi connectivity index (χ1v) is 12.7. The maximum atomic E-state index is 15.9. The molecule has 220 valence electrons. The minimum atomic E-state index is -4.19. The zero-order valence-electron chi connectivity index (χ0n) is 22.4. The van der Waals surface area contributed by atoms with Crippen molar-refractivity contribution in [3.8, 4) is 23.7 Å². The Balaban J connectivity index is 1.32. The number of aromatic nitrogens is 5. The van der Waals surface area contributed by atoms with Gasteiger partial charge in [-0.1, -0.05) is 11.8 Å². The molecule has 0 saturated carbocycles. The van der Waals surface area contributed by atoms with E-state index in [-0.39, 0.29) is 17.7 Å². The topological polar surface area (TPSA) is 110 Å². The Morgan fingerprint density at radius 3 is 2.27 bits per heavy atom. The van der Waals surface area contributed by atoms with Crippen LogP contribution >= 0.6 is 0 Å². The average molecular weight is 603 g/mol. The smallest absolute Gasteiger partial charge is 0.323 e. The fourth-order valence-electron chi connectivity index (χ4n) is 4.27. The van der Waals surface area contributed by atoms with Crippen molar-refractivity contribution in [1.29, 1.82) is 5.26 Å². The number of hydrogen-bond donors (Lipinski definition) is 1. The molecule has 44 heavy (non-hydrogen) atoms. The van der Waals surface area contributed by atoms with Gasteiger partial charge in [0, 0.05) is 29.0 Å². The largest absolute Gasteiger partial charge is 0.489 e. The second-order valence-electron chi connectivity index (χ2n) is 9.52. The van der Waals surface area contributed by atoms with Gasteiger partial charge in [0.05, 0.1) is 18.2 Å². The second-order valence-corrected chi connectivity index (χ2v) is 9.52. The molecule has 0 aliphatic heterocycles. The van der Waals surface area contributed by atoms with Gasteiger partial charge in [0.15, 0.2) is 5.60 Å². The normalized spacial score (nSPS) is 12.5. The number of pyridine rings is 1. The maximum Gasteiger partial charge on any atom is 0.323 e. The summed E-state index contributed by atoms with van der Waals surface area (Å²) in [7, 11) is 0. The quantitative estimate of drug-likeness (QED) is 0.196. The van der Waals surface area contributed by atoms with Crippen LogP contribution in [0, 0.1) is 40.6 Å². The molecule has 0 aliphatic rings. The molecular weight excluding hydrogens is 583 g/mol. The standard InChI is InChI=1S/C31H19F5N6O2/c32-24-6-9-27(28(34)14-24)30(43,18-42-19-39-40-41-42)31(35,36)29-10-5-21(16-38-29)2-1-20-3-7-26(8-4-20)44-17-23-11-22(15-37)12-25(33)13-23/h3-14,16,19,43H,17-18H2. The molecular formula is C31H19F5N6O2. The summed E-state index contributed by atoms with van der Waals surface area (Å²) in [5.74, 6) is -1.01. The number of nitrogens with zero attached hydrogens (tertiary/aromatic N) is 6. The minimum absolute atomic E-state index is 0.0404. The van der Waals surface area contributed by atoms with Crippen molar-refractivity contribution in [2.75, 3.05) is 0 Å². The average Bonchev–Trinajstić information content (AvgIpc) is 3.52. The van der Waals surface area contributed by atoms with Crippen molar-refractivity contribution in [3.63, 3.8) is 0 Å². The second kappa shape index (κ2) is 12.3. The Morgan fingerprint density at radius 2 is 1.61 bits per heavy atom. The monoisotopic (exact) mass is 602 g/mol. The fourth-order valence-corrected chi connectivity index (χ4v) is 4.27. The Morgan fingerprint density at radius 1 is 0.864 bits per heavy atom. The van der Waals surface area contributed by atoms with E-state index in [9.17, 15) is 18.3 Å². The van der Waals surface area contributed by atoms with Crippen LogP contribution in [0.2, 0.25) is 0 Å². The predicted octanol–water partition coefficient (Wildman–Crippen LogP) is 5.02. The van der Waals surface area contributed by atoms with Crippen molar-refractivity contribution >= 4 is 0 Å². The molecule has 1 unspecified atom stereocenters. The summed E-state index contributed by atoms with van der Waals surface area (Å²) in [6.07, 6.45) is 2.03. The van der Waals surface area contributed by atoms with E-state index >= 15 is 8.78 Å². The Labute approximate surface area is 247 Å². The highest BCUT2D eigenvalue weighted by Gasteiger charge is 2.58. The van der Waals surface area contributed by atoms with Crippen LogP contribution in [0.4, 0.5) is 22.0 Å². The number of halogens is 5. The lowest BCUT2D eigenvalue weighted by Gasteiger charge is -2.35. The van der Waals surface area contributed by atoms with Gasteiger partial charge < -0.3 is 9.84 Å². The molecule has 5 aromatic rings. The third kappa shape index (κ3) is 6.38. The first-order valence-electron chi connectivity index (χ1n) is 12.7. The van der Waals surface area contributed by atoms with Gasteiger partial charge in [-0.2, -0.15) is 14.0 Å². The number of ether oxygens (including phenoxy) is 1. The summed E-state index contributed by atoms with van der Waals surface area (Å²) < 4.78 is 80.0. The van der Waals surface area contributed by atoms with Crippen LogP contribution in [0.25, 0.3) is 0 Å². The Bertz CT molecular complexity index is 1880. The van der Waals surface area contributed by atoms with E-state index in [1.54, 1.807) is 24.3 Å². The highest BCUT2D eigenvalue weighted by atomic mass is 19.3. The van der Waals surface area contributed by atoms with Gasteiger partial charge in [0.1, 0.15) is 41.8 Å². The van der Waals surface area contributed by atoms with Gasteiger partial charge in [-0.15, -0.1) is 5.10 Å². The van der Waals surface area contributed by atoms with Crippen LogP contribution in [0.1, 0.15) is 33.5 Å². The zero-order chi connectivity index (χ0) is 31.3. The molecule has 2 aromatic heterocycles. The Hall–Kier alpha value is -5.66. The lowest BCUT2D eigenvalue weighted by atomic mass is 9.84. The van der Waals surface area contributed by atoms with E-state index < -0.39 is 46.8 Å². The minimum Gasteiger partial charge on any atom is -0.489 e. The highest BCUT2D eigenvalue weighted by Crippen LogP contribution is 2.46. The molecule has 13 heteroatoms.